The molecule has 1 heterocycles. The minimum absolute atomic E-state index is 0.00463. The van der Waals surface area contributed by atoms with Crippen molar-refractivity contribution in [1.82, 2.24) is 10.2 Å². The maximum absolute atomic E-state index is 12.7. The van der Waals surface area contributed by atoms with E-state index in [1.54, 1.807) is 0 Å². The van der Waals surface area contributed by atoms with Gasteiger partial charge in [0.05, 0.1) is 4.90 Å². The van der Waals surface area contributed by atoms with Crippen molar-refractivity contribution in [2.24, 2.45) is 0 Å². The van der Waals surface area contributed by atoms with Gasteiger partial charge in [-0.1, -0.05) is 36.4 Å². The Morgan fingerprint density at radius 2 is 1.76 bits per heavy atom. The molecule has 0 aromatic heterocycles. The Balaban J connectivity index is 1.49. The van der Waals surface area contributed by atoms with Crippen LogP contribution < -0.4 is 10.6 Å². The fourth-order valence-corrected chi connectivity index (χ4v) is 4.05. The van der Waals surface area contributed by atoms with Crippen LogP contribution in [-0.2, 0) is 16.4 Å². The third kappa shape index (κ3) is 5.74. The van der Waals surface area contributed by atoms with Gasteiger partial charge < -0.3 is 10.6 Å². The molecule has 6 nitrogen and oxygen atoms in total. The number of likely N-dealkylation sites (tertiary alicyclic amines) is 1. The van der Waals surface area contributed by atoms with Crippen molar-refractivity contribution in [3.63, 3.8) is 0 Å². The lowest BCUT2D eigenvalue weighted by atomic mass is 10.0. The number of urea groups is 1. The average molecular weight is 423 g/mol. The molecule has 0 bridgehead atoms. The predicted octanol–water partition coefficient (Wildman–Crippen LogP) is 3.47. The summed E-state index contributed by atoms with van der Waals surface area (Å²) in [4.78, 5) is 14.0. The Labute approximate surface area is 168 Å². The van der Waals surface area contributed by atoms with Crippen molar-refractivity contribution in [2.45, 2.75) is 36.1 Å². The van der Waals surface area contributed by atoms with Crippen molar-refractivity contribution in [1.29, 1.82) is 0 Å². The van der Waals surface area contributed by atoms with Crippen LogP contribution in [0.3, 0.4) is 0 Å². The summed E-state index contributed by atoms with van der Waals surface area (Å²) in [7, 11) is -4.70. The van der Waals surface area contributed by atoms with Crippen molar-refractivity contribution >= 4 is 21.6 Å². The Morgan fingerprint density at radius 3 is 2.41 bits per heavy atom. The lowest BCUT2D eigenvalue weighted by molar-refractivity contribution is 0.190. The van der Waals surface area contributed by atoms with Gasteiger partial charge in [-0.3, -0.25) is 4.90 Å². The second-order valence-corrected chi connectivity index (χ2v) is 8.89. The third-order valence-corrected chi connectivity index (χ3v) is 6.21. The summed E-state index contributed by atoms with van der Waals surface area (Å²) in [5.74, 6) is -3.51. The van der Waals surface area contributed by atoms with Gasteiger partial charge in [0.1, 0.15) is 0 Å². The number of piperidine rings is 1. The number of nitrogens with zero attached hydrogens (tertiary/aromatic N) is 1. The Hall–Kier alpha value is -2.52. The fraction of sp³-hybridized carbons (Fsp3) is 0.350. The summed E-state index contributed by atoms with van der Waals surface area (Å²) in [5, 5.41) is 5.38. The second-order valence-electron chi connectivity index (χ2n) is 6.97. The van der Waals surface area contributed by atoms with Crippen LogP contribution in [-0.4, -0.2) is 44.2 Å². The number of alkyl halides is 2. The molecule has 156 valence electrons. The molecule has 1 aliphatic heterocycles. The monoisotopic (exact) mass is 423 g/mol. The zero-order chi connectivity index (χ0) is 20.9. The van der Waals surface area contributed by atoms with Gasteiger partial charge in [-0.2, -0.15) is 8.78 Å². The molecule has 2 aromatic rings. The molecule has 9 heteroatoms. The summed E-state index contributed by atoms with van der Waals surface area (Å²) >= 11 is 0. The van der Waals surface area contributed by atoms with Gasteiger partial charge in [0.2, 0.25) is 9.84 Å². The van der Waals surface area contributed by atoms with Crippen molar-refractivity contribution in [2.75, 3.05) is 18.4 Å². The van der Waals surface area contributed by atoms with Crippen molar-refractivity contribution in [3.8, 4) is 0 Å². The molecule has 3 rings (SSSR count). The molecule has 1 aliphatic rings. The number of halogens is 2. The molecule has 0 unspecified atom stereocenters. The number of sulfone groups is 1. The number of carbonyl (C=O) groups is 1. The van der Waals surface area contributed by atoms with E-state index in [4.69, 9.17) is 0 Å². The molecule has 0 radical (unpaired) electrons. The Bertz CT molecular complexity index is 931. The Morgan fingerprint density at radius 1 is 1.07 bits per heavy atom. The molecule has 0 atom stereocenters. The zero-order valence-electron chi connectivity index (χ0n) is 15.7. The predicted molar refractivity (Wildman–Crippen MR) is 107 cm³/mol. The van der Waals surface area contributed by atoms with Crippen LogP contribution in [0.4, 0.5) is 19.3 Å². The molecule has 29 heavy (non-hydrogen) atoms. The number of rotatable bonds is 6. The molecule has 1 fully saturated rings. The molecule has 0 aliphatic carbocycles. The first-order chi connectivity index (χ1) is 13.8. The highest BCUT2D eigenvalue weighted by atomic mass is 32.2. The molecular formula is C20H23F2N3O3S. The van der Waals surface area contributed by atoms with E-state index in [-0.39, 0.29) is 11.7 Å². The lowest BCUT2D eigenvalue weighted by Gasteiger charge is -2.32. The van der Waals surface area contributed by atoms with Gasteiger partial charge in [-0.15, -0.1) is 0 Å². The highest BCUT2D eigenvalue weighted by Gasteiger charge is 2.27. The van der Waals surface area contributed by atoms with Crippen LogP contribution in [0.2, 0.25) is 0 Å². The first-order valence-electron chi connectivity index (χ1n) is 9.30. The van der Waals surface area contributed by atoms with Crippen LogP contribution in [0.15, 0.2) is 59.5 Å². The zero-order valence-corrected chi connectivity index (χ0v) is 16.5. The Kier molecular flexibility index (Phi) is 6.81. The minimum atomic E-state index is -4.70. The normalized spacial score (nSPS) is 16.0. The van der Waals surface area contributed by atoms with E-state index < -0.39 is 26.5 Å². The molecule has 2 amide bonds. The van der Waals surface area contributed by atoms with Crippen LogP contribution in [0, 0.1) is 0 Å². The number of amides is 2. The van der Waals surface area contributed by atoms with E-state index in [0.29, 0.717) is 0 Å². The largest absolute Gasteiger partial charge is 0.341 e. The number of anilines is 1. The van der Waals surface area contributed by atoms with Crippen molar-refractivity contribution < 1.29 is 22.0 Å². The first-order valence-corrected chi connectivity index (χ1v) is 10.8. The lowest BCUT2D eigenvalue weighted by Crippen LogP contribution is -2.45. The number of hydrogen-bond acceptors (Lipinski definition) is 4. The average Bonchev–Trinajstić information content (AvgIpc) is 2.70. The summed E-state index contributed by atoms with van der Waals surface area (Å²) < 4.78 is 48.5. The number of nitrogens with one attached hydrogen (secondary N) is 2. The molecule has 1 saturated heterocycles. The maximum atomic E-state index is 12.7. The van der Waals surface area contributed by atoms with E-state index >= 15 is 0 Å². The molecule has 2 N–H and O–H groups in total. The number of benzene rings is 2. The summed E-state index contributed by atoms with van der Waals surface area (Å²) in [5.41, 5.74) is 1.39. The quantitative estimate of drug-likeness (QED) is 0.746. The van der Waals surface area contributed by atoms with Gasteiger partial charge >= 0.3 is 11.8 Å². The van der Waals surface area contributed by atoms with E-state index in [1.807, 2.05) is 18.2 Å². The second kappa shape index (κ2) is 9.32. The highest BCUT2D eigenvalue weighted by Crippen LogP contribution is 2.21. The number of hydrogen-bond donors (Lipinski definition) is 2. The molecule has 0 spiro atoms. The standard InChI is InChI=1S/C20H23F2N3O3S/c21-19(22)29(27,28)18-8-4-7-17(13-18)24-20(26)23-16-9-11-25(12-10-16)14-15-5-2-1-3-6-15/h1-8,13,16,19H,9-12,14H2,(H2,23,24,26). The van der Waals surface area contributed by atoms with Gasteiger partial charge in [-0.25, -0.2) is 13.2 Å². The molecular weight excluding hydrogens is 400 g/mol. The minimum Gasteiger partial charge on any atom is -0.335 e. The van der Waals surface area contributed by atoms with Crippen molar-refractivity contribution in [3.05, 3.63) is 60.2 Å². The van der Waals surface area contributed by atoms with Crippen LogP contribution in [0.1, 0.15) is 18.4 Å². The van der Waals surface area contributed by atoms with E-state index in [9.17, 15) is 22.0 Å². The third-order valence-electron chi connectivity index (χ3n) is 4.83. The highest BCUT2D eigenvalue weighted by molar-refractivity contribution is 7.91. The molecule has 2 aromatic carbocycles. The van der Waals surface area contributed by atoms with Gasteiger partial charge in [0.25, 0.3) is 0 Å². The topological polar surface area (TPSA) is 78.5 Å². The van der Waals surface area contributed by atoms with Crippen LogP contribution >= 0.6 is 0 Å². The van der Waals surface area contributed by atoms with E-state index in [2.05, 4.69) is 27.7 Å². The van der Waals surface area contributed by atoms with Gasteiger partial charge in [0, 0.05) is 31.4 Å². The van der Waals surface area contributed by atoms with Gasteiger partial charge in [0.15, 0.2) is 0 Å². The SMILES string of the molecule is O=C(Nc1cccc(S(=O)(=O)C(F)F)c1)NC1CCN(Cc2ccccc2)CC1. The molecule has 0 saturated carbocycles. The van der Waals surface area contributed by atoms with Gasteiger partial charge in [-0.05, 0) is 36.6 Å². The fourth-order valence-electron chi connectivity index (χ4n) is 3.28. The smallest absolute Gasteiger partial charge is 0.335 e. The van der Waals surface area contributed by atoms with E-state index in [0.717, 1.165) is 44.6 Å². The summed E-state index contributed by atoms with van der Waals surface area (Å²) in [6, 6.07) is 14.5. The van der Waals surface area contributed by atoms with Crippen LogP contribution in [0.25, 0.3) is 0 Å². The maximum Gasteiger partial charge on any atom is 0.341 e. The number of carbonyl (C=O) groups excluding carboxylic acids is 1. The summed E-state index contributed by atoms with van der Waals surface area (Å²) in [6.07, 6.45) is 1.58. The van der Waals surface area contributed by atoms with E-state index in [1.165, 1.54) is 17.7 Å². The first kappa shape index (κ1) is 21.2. The summed E-state index contributed by atoms with van der Waals surface area (Å²) in [6.45, 7) is 2.56. The van der Waals surface area contributed by atoms with Crippen LogP contribution in [0.5, 0.6) is 0 Å².